The first-order valence-corrected chi connectivity index (χ1v) is 5.51. The highest BCUT2D eigenvalue weighted by Gasteiger charge is 2.10. The van der Waals surface area contributed by atoms with Crippen LogP contribution in [0.15, 0.2) is 28.8 Å². The number of rotatable bonds is 2. The topological polar surface area (TPSA) is 55.1 Å². The Hall–Kier alpha value is -1.52. The van der Waals surface area contributed by atoms with Crippen LogP contribution in [-0.4, -0.2) is 11.1 Å². The minimum Gasteiger partial charge on any atom is -0.360 e. The third-order valence-electron chi connectivity index (χ3n) is 2.05. The molecule has 0 aliphatic carbocycles. The number of amides is 1. The van der Waals surface area contributed by atoms with Crippen molar-refractivity contribution in [1.29, 1.82) is 0 Å². The van der Waals surface area contributed by atoms with E-state index in [1.807, 2.05) is 0 Å². The van der Waals surface area contributed by atoms with Gasteiger partial charge in [0.1, 0.15) is 5.76 Å². The summed E-state index contributed by atoms with van der Waals surface area (Å²) < 4.78 is 4.83. The minimum absolute atomic E-state index is 0.322. The highest BCUT2D eigenvalue weighted by Crippen LogP contribution is 2.23. The molecule has 6 heteroatoms. The minimum atomic E-state index is -0.322. The zero-order valence-electron chi connectivity index (χ0n) is 8.83. The van der Waals surface area contributed by atoms with Crippen molar-refractivity contribution in [2.45, 2.75) is 6.92 Å². The maximum Gasteiger partial charge on any atom is 0.256 e. The van der Waals surface area contributed by atoms with Crippen molar-refractivity contribution in [1.82, 2.24) is 5.16 Å². The van der Waals surface area contributed by atoms with Gasteiger partial charge in [0.15, 0.2) is 5.82 Å². The maximum atomic E-state index is 11.8. The molecule has 1 N–H and O–H groups in total. The lowest BCUT2D eigenvalue weighted by Crippen LogP contribution is -2.11. The Balaban J connectivity index is 2.17. The third kappa shape index (κ3) is 2.78. The SMILES string of the molecule is Cc1cc(NC(=O)c2ccc(Cl)c(Cl)c2)no1. The summed E-state index contributed by atoms with van der Waals surface area (Å²) in [4.78, 5) is 11.8. The highest BCUT2D eigenvalue weighted by molar-refractivity contribution is 6.42. The van der Waals surface area contributed by atoms with Gasteiger partial charge in [-0.3, -0.25) is 4.79 Å². The molecule has 2 aromatic rings. The van der Waals surface area contributed by atoms with Gasteiger partial charge in [0.2, 0.25) is 0 Å². The van der Waals surface area contributed by atoms with Crippen molar-refractivity contribution < 1.29 is 9.32 Å². The average Bonchev–Trinajstić information content (AvgIpc) is 2.68. The van der Waals surface area contributed by atoms with Gasteiger partial charge in [-0.15, -0.1) is 0 Å². The molecular formula is C11H8Cl2N2O2. The summed E-state index contributed by atoms with van der Waals surface area (Å²) >= 11 is 11.6. The molecule has 17 heavy (non-hydrogen) atoms. The molecule has 1 amide bonds. The van der Waals surface area contributed by atoms with Crippen LogP contribution in [0.1, 0.15) is 16.1 Å². The first-order valence-electron chi connectivity index (χ1n) is 4.76. The summed E-state index contributed by atoms with van der Waals surface area (Å²) in [6, 6.07) is 6.25. The van der Waals surface area contributed by atoms with Crippen molar-refractivity contribution >= 4 is 34.9 Å². The second kappa shape index (κ2) is 4.77. The zero-order chi connectivity index (χ0) is 12.4. The lowest BCUT2D eigenvalue weighted by molar-refractivity contribution is 0.102. The predicted octanol–water partition coefficient (Wildman–Crippen LogP) is 3.54. The number of aromatic nitrogens is 1. The molecule has 0 aliphatic rings. The standard InChI is InChI=1S/C11H8Cl2N2O2/c1-6-4-10(15-17-6)14-11(16)7-2-3-8(12)9(13)5-7/h2-5H,1H3,(H,14,15,16). The molecule has 0 spiro atoms. The van der Waals surface area contributed by atoms with Gasteiger partial charge in [-0.2, -0.15) is 0 Å². The lowest BCUT2D eigenvalue weighted by Gasteiger charge is -2.02. The summed E-state index contributed by atoms with van der Waals surface area (Å²) in [6.45, 7) is 1.74. The van der Waals surface area contributed by atoms with Crippen LogP contribution in [0, 0.1) is 6.92 Å². The Bertz CT molecular complexity index is 566. The van der Waals surface area contributed by atoms with Crippen LogP contribution < -0.4 is 5.32 Å². The molecule has 0 bridgehead atoms. The Morgan fingerprint density at radius 3 is 2.65 bits per heavy atom. The van der Waals surface area contributed by atoms with E-state index in [1.54, 1.807) is 25.1 Å². The molecule has 1 aromatic carbocycles. The van der Waals surface area contributed by atoms with Gasteiger partial charge in [-0.25, -0.2) is 0 Å². The Kier molecular flexibility index (Phi) is 3.36. The largest absolute Gasteiger partial charge is 0.360 e. The first kappa shape index (κ1) is 12.0. The highest BCUT2D eigenvalue weighted by atomic mass is 35.5. The Labute approximate surface area is 108 Å². The molecule has 1 heterocycles. The molecule has 0 atom stereocenters. The fourth-order valence-corrected chi connectivity index (χ4v) is 1.55. The van der Waals surface area contributed by atoms with E-state index >= 15 is 0 Å². The third-order valence-corrected chi connectivity index (χ3v) is 2.79. The van der Waals surface area contributed by atoms with Crippen LogP contribution in [-0.2, 0) is 0 Å². The van der Waals surface area contributed by atoms with E-state index in [1.165, 1.54) is 6.07 Å². The van der Waals surface area contributed by atoms with E-state index in [2.05, 4.69) is 10.5 Å². The molecule has 0 saturated carbocycles. The van der Waals surface area contributed by atoms with Crippen molar-refractivity contribution in [2.24, 2.45) is 0 Å². The van der Waals surface area contributed by atoms with Gasteiger partial charge in [-0.1, -0.05) is 28.4 Å². The monoisotopic (exact) mass is 270 g/mol. The van der Waals surface area contributed by atoms with Crippen LogP contribution in [0.2, 0.25) is 10.0 Å². The van der Waals surface area contributed by atoms with E-state index in [4.69, 9.17) is 27.7 Å². The summed E-state index contributed by atoms with van der Waals surface area (Å²) in [5, 5.41) is 6.97. The molecule has 4 nitrogen and oxygen atoms in total. The number of halogens is 2. The number of anilines is 1. The molecular weight excluding hydrogens is 263 g/mol. The van der Waals surface area contributed by atoms with Crippen LogP contribution in [0.5, 0.6) is 0 Å². The number of hydrogen-bond donors (Lipinski definition) is 1. The Morgan fingerprint density at radius 1 is 1.29 bits per heavy atom. The van der Waals surface area contributed by atoms with E-state index in [-0.39, 0.29) is 5.91 Å². The molecule has 0 saturated heterocycles. The predicted molar refractivity (Wildman–Crippen MR) is 65.7 cm³/mol. The van der Waals surface area contributed by atoms with Crippen LogP contribution in [0.4, 0.5) is 5.82 Å². The van der Waals surface area contributed by atoms with Crippen LogP contribution >= 0.6 is 23.2 Å². The van der Waals surface area contributed by atoms with Crippen molar-refractivity contribution in [3.8, 4) is 0 Å². The quantitative estimate of drug-likeness (QED) is 0.908. The molecule has 1 aromatic heterocycles. The summed E-state index contributed by atoms with van der Waals surface area (Å²) in [7, 11) is 0. The number of hydrogen-bond acceptors (Lipinski definition) is 3. The molecule has 0 radical (unpaired) electrons. The van der Waals surface area contributed by atoms with Crippen molar-refractivity contribution in [3.05, 3.63) is 45.6 Å². The first-order chi connectivity index (χ1) is 8.06. The second-order valence-corrected chi connectivity index (χ2v) is 4.22. The molecule has 2 rings (SSSR count). The summed E-state index contributed by atoms with van der Waals surface area (Å²) in [6.07, 6.45) is 0. The van der Waals surface area contributed by atoms with Gasteiger partial charge < -0.3 is 9.84 Å². The fourth-order valence-electron chi connectivity index (χ4n) is 1.25. The number of carbonyl (C=O) groups excluding carboxylic acids is 1. The number of aryl methyl sites for hydroxylation is 1. The number of nitrogens with one attached hydrogen (secondary N) is 1. The molecule has 0 unspecified atom stereocenters. The molecule has 0 aliphatic heterocycles. The van der Waals surface area contributed by atoms with Crippen LogP contribution in [0.25, 0.3) is 0 Å². The lowest BCUT2D eigenvalue weighted by atomic mass is 10.2. The second-order valence-electron chi connectivity index (χ2n) is 3.41. The molecule has 88 valence electrons. The van der Waals surface area contributed by atoms with Gasteiger partial charge in [0.25, 0.3) is 5.91 Å². The summed E-state index contributed by atoms with van der Waals surface area (Å²) in [5.74, 6) is 0.657. The van der Waals surface area contributed by atoms with Gasteiger partial charge in [0.05, 0.1) is 10.0 Å². The van der Waals surface area contributed by atoms with E-state index < -0.39 is 0 Å². The Morgan fingerprint density at radius 2 is 2.06 bits per heavy atom. The summed E-state index contributed by atoms with van der Waals surface area (Å²) in [5.41, 5.74) is 0.403. The fraction of sp³-hybridized carbons (Fsp3) is 0.0909. The van der Waals surface area contributed by atoms with Crippen molar-refractivity contribution in [2.75, 3.05) is 5.32 Å². The number of nitrogens with zero attached hydrogens (tertiary/aromatic N) is 1. The average molecular weight is 271 g/mol. The smallest absolute Gasteiger partial charge is 0.256 e. The van der Waals surface area contributed by atoms with Crippen molar-refractivity contribution in [3.63, 3.8) is 0 Å². The normalized spacial score (nSPS) is 10.3. The molecule has 0 fully saturated rings. The van der Waals surface area contributed by atoms with Gasteiger partial charge >= 0.3 is 0 Å². The van der Waals surface area contributed by atoms with Gasteiger partial charge in [-0.05, 0) is 25.1 Å². The van der Waals surface area contributed by atoms with Crippen LogP contribution in [0.3, 0.4) is 0 Å². The van der Waals surface area contributed by atoms with E-state index in [0.29, 0.717) is 27.2 Å². The maximum absolute atomic E-state index is 11.8. The van der Waals surface area contributed by atoms with E-state index in [0.717, 1.165) is 0 Å². The van der Waals surface area contributed by atoms with Gasteiger partial charge in [0, 0.05) is 11.6 Å². The van der Waals surface area contributed by atoms with E-state index in [9.17, 15) is 4.79 Å². The zero-order valence-corrected chi connectivity index (χ0v) is 10.3. The number of carbonyl (C=O) groups is 1. The number of benzene rings is 1.